The Morgan fingerprint density at radius 2 is 1.76 bits per heavy atom. The van der Waals surface area contributed by atoms with Crippen molar-refractivity contribution in [3.63, 3.8) is 0 Å². The zero-order valence-electron chi connectivity index (χ0n) is 18.4. The molecule has 1 aromatic carbocycles. The van der Waals surface area contributed by atoms with E-state index < -0.39 is 74.8 Å². The van der Waals surface area contributed by atoms with Gasteiger partial charge in [0.15, 0.2) is 17.2 Å². The van der Waals surface area contributed by atoms with Crippen LogP contribution in [0.25, 0.3) is 5.76 Å². The zero-order chi connectivity index (χ0) is 24.8. The van der Waals surface area contributed by atoms with Crippen LogP contribution in [-0.4, -0.2) is 73.5 Å². The van der Waals surface area contributed by atoms with Crippen LogP contribution in [0.4, 0.5) is 0 Å². The SMILES string of the molecule is CC(=O)C1=C(O)C2(O)C(=O)C3=C(O)c4c(O)ccc(Cl)c4C(C)(O)C3CC2C(N(C)C)C1=O. The van der Waals surface area contributed by atoms with Gasteiger partial charge >= 0.3 is 0 Å². The molecule has 176 valence electrons. The smallest absolute Gasteiger partial charge is 0.202 e. The zero-order valence-corrected chi connectivity index (χ0v) is 19.1. The van der Waals surface area contributed by atoms with E-state index in [1.165, 1.54) is 38.1 Å². The van der Waals surface area contributed by atoms with Crippen LogP contribution >= 0.6 is 11.6 Å². The Labute approximate surface area is 194 Å². The lowest BCUT2D eigenvalue weighted by atomic mass is 9.54. The Kier molecular flexibility index (Phi) is 5.07. The summed E-state index contributed by atoms with van der Waals surface area (Å²) in [5.74, 6) is -7.35. The number of hydrogen-bond acceptors (Lipinski definition) is 9. The average Bonchev–Trinajstić information content (AvgIpc) is 2.69. The Bertz CT molecular complexity index is 1200. The van der Waals surface area contributed by atoms with Crippen molar-refractivity contribution in [2.45, 2.75) is 37.5 Å². The van der Waals surface area contributed by atoms with E-state index in [1.807, 2.05) is 0 Å². The first-order chi connectivity index (χ1) is 15.2. The maximum absolute atomic E-state index is 13.7. The standard InChI is InChI=1S/C23H24ClNO8/c1-8(26)13-19(29)17(25(3)4)10-7-9-14(21(31)23(10,33)20(13)30)18(28)15-12(27)6-5-11(24)16(15)22(9,2)32/h5-6,9-10,17,27-28,30,32-33H,7H2,1-4H3. The van der Waals surface area contributed by atoms with Gasteiger partial charge in [-0.1, -0.05) is 11.6 Å². The Hall–Kier alpha value is -2.72. The Morgan fingerprint density at radius 3 is 2.30 bits per heavy atom. The van der Waals surface area contributed by atoms with Gasteiger partial charge in [-0.2, -0.15) is 0 Å². The average molecular weight is 478 g/mol. The van der Waals surface area contributed by atoms with E-state index in [0.29, 0.717) is 0 Å². The van der Waals surface area contributed by atoms with Gasteiger partial charge in [-0.3, -0.25) is 19.3 Å². The largest absolute Gasteiger partial charge is 0.508 e. The van der Waals surface area contributed by atoms with E-state index in [1.54, 1.807) is 0 Å². The summed E-state index contributed by atoms with van der Waals surface area (Å²) in [6.07, 6.45) is -0.218. The molecule has 0 bridgehead atoms. The molecule has 0 aromatic heterocycles. The fourth-order valence-corrected chi connectivity index (χ4v) is 6.03. The maximum atomic E-state index is 13.7. The van der Waals surface area contributed by atoms with Crippen molar-refractivity contribution in [3.8, 4) is 5.75 Å². The first-order valence-corrected chi connectivity index (χ1v) is 10.7. The number of aliphatic hydroxyl groups is 4. The minimum atomic E-state index is -2.70. The number of likely N-dealkylation sites (N-methyl/N-ethyl adjacent to an activating group) is 1. The third-order valence-electron chi connectivity index (χ3n) is 7.18. The third kappa shape index (κ3) is 2.80. The van der Waals surface area contributed by atoms with E-state index >= 15 is 0 Å². The number of rotatable bonds is 2. The summed E-state index contributed by atoms with van der Waals surface area (Å²) >= 11 is 6.29. The molecule has 5 unspecified atom stereocenters. The van der Waals surface area contributed by atoms with Crippen molar-refractivity contribution in [3.05, 3.63) is 45.2 Å². The van der Waals surface area contributed by atoms with Crippen molar-refractivity contribution in [1.29, 1.82) is 0 Å². The van der Waals surface area contributed by atoms with Gasteiger partial charge in [0, 0.05) is 28.0 Å². The number of aliphatic hydroxyl groups excluding tert-OH is 2. The van der Waals surface area contributed by atoms with Crippen LogP contribution in [0.15, 0.2) is 29.0 Å². The second-order valence-electron chi connectivity index (χ2n) is 9.27. The summed E-state index contributed by atoms with van der Waals surface area (Å²) in [7, 11) is 3.05. The predicted octanol–water partition coefficient (Wildman–Crippen LogP) is 1.39. The topological polar surface area (TPSA) is 156 Å². The second-order valence-corrected chi connectivity index (χ2v) is 9.68. The van der Waals surface area contributed by atoms with E-state index in [9.17, 15) is 39.9 Å². The number of benzene rings is 1. The van der Waals surface area contributed by atoms with Gasteiger partial charge in [-0.05, 0) is 46.5 Å². The molecule has 0 aliphatic heterocycles. The summed E-state index contributed by atoms with van der Waals surface area (Å²) in [4.78, 5) is 40.5. The summed E-state index contributed by atoms with van der Waals surface area (Å²) < 4.78 is 0. The first-order valence-electron chi connectivity index (χ1n) is 10.3. The molecule has 3 aliphatic rings. The Morgan fingerprint density at radius 1 is 1.15 bits per heavy atom. The molecule has 0 radical (unpaired) electrons. The maximum Gasteiger partial charge on any atom is 0.202 e. The molecule has 0 saturated heterocycles. The number of hydrogen-bond donors (Lipinski definition) is 5. The summed E-state index contributed by atoms with van der Waals surface area (Å²) in [6.45, 7) is 2.40. The molecule has 3 aliphatic carbocycles. The normalized spacial score (nSPS) is 33.8. The lowest BCUT2D eigenvalue weighted by Gasteiger charge is -2.53. The summed E-state index contributed by atoms with van der Waals surface area (Å²) in [5.41, 5.74) is -5.96. The molecule has 0 heterocycles. The van der Waals surface area contributed by atoms with E-state index in [0.717, 1.165) is 6.92 Å². The number of nitrogens with zero attached hydrogens (tertiary/aromatic N) is 1. The number of phenolic OH excluding ortho intramolecular Hbond substituents is 1. The van der Waals surface area contributed by atoms with Gasteiger partial charge in [-0.15, -0.1) is 0 Å². The molecule has 9 nitrogen and oxygen atoms in total. The lowest BCUT2D eigenvalue weighted by Crippen LogP contribution is -2.66. The summed E-state index contributed by atoms with van der Waals surface area (Å²) in [6, 6.07) is 1.35. The van der Waals surface area contributed by atoms with Crippen LogP contribution < -0.4 is 0 Å². The van der Waals surface area contributed by atoms with Gasteiger partial charge in [0.25, 0.3) is 0 Å². The number of phenols is 1. The highest BCUT2D eigenvalue weighted by Gasteiger charge is 2.66. The molecule has 0 amide bonds. The molecular formula is C23H24ClNO8. The van der Waals surface area contributed by atoms with Crippen LogP contribution in [0.3, 0.4) is 0 Å². The van der Waals surface area contributed by atoms with Crippen LogP contribution in [0.1, 0.15) is 31.4 Å². The fourth-order valence-electron chi connectivity index (χ4n) is 5.68. The molecule has 4 rings (SSSR count). The quantitative estimate of drug-likeness (QED) is 0.397. The van der Waals surface area contributed by atoms with Gasteiger partial charge in [-0.25, -0.2) is 0 Å². The number of halogens is 1. The van der Waals surface area contributed by atoms with Gasteiger partial charge in [0.1, 0.15) is 22.8 Å². The van der Waals surface area contributed by atoms with Crippen LogP contribution in [-0.2, 0) is 20.0 Å². The van der Waals surface area contributed by atoms with Crippen LogP contribution in [0.2, 0.25) is 5.02 Å². The van der Waals surface area contributed by atoms with E-state index in [-0.39, 0.29) is 22.6 Å². The van der Waals surface area contributed by atoms with Crippen LogP contribution in [0.5, 0.6) is 5.75 Å². The van der Waals surface area contributed by atoms with Crippen LogP contribution in [0, 0.1) is 11.8 Å². The number of Topliss-reactive ketones (excluding diaryl/α,β-unsaturated/α-hetero) is 3. The molecule has 1 fully saturated rings. The van der Waals surface area contributed by atoms with Gasteiger partial charge < -0.3 is 25.5 Å². The van der Waals surface area contributed by atoms with Crippen molar-refractivity contribution in [2.75, 3.05) is 14.1 Å². The molecule has 1 aromatic rings. The lowest BCUT2D eigenvalue weighted by molar-refractivity contribution is -0.159. The molecule has 33 heavy (non-hydrogen) atoms. The highest BCUT2D eigenvalue weighted by molar-refractivity contribution is 6.32. The number of carbonyl (C=O) groups excluding carboxylic acids is 3. The monoisotopic (exact) mass is 477 g/mol. The van der Waals surface area contributed by atoms with Gasteiger partial charge in [0.05, 0.1) is 17.2 Å². The van der Waals surface area contributed by atoms with Crippen molar-refractivity contribution < 1.29 is 39.9 Å². The Balaban J connectivity index is 2.07. The highest BCUT2D eigenvalue weighted by atomic mass is 35.5. The number of carbonyl (C=O) groups is 3. The van der Waals surface area contributed by atoms with Crippen molar-refractivity contribution >= 4 is 34.7 Å². The molecule has 10 heteroatoms. The minimum Gasteiger partial charge on any atom is -0.508 e. The highest BCUT2D eigenvalue weighted by Crippen LogP contribution is 2.58. The van der Waals surface area contributed by atoms with Gasteiger partial charge in [0.2, 0.25) is 5.78 Å². The fraction of sp³-hybridized carbons (Fsp3) is 0.435. The van der Waals surface area contributed by atoms with E-state index in [4.69, 9.17) is 11.6 Å². The third-order valence-corrected chi connectivity index (χ3v) is 7.49. The molecule has 1 saturated carbocycles. The number of ketones is 3. The minimum absolute atomic E-state index is 0.00128. The molecule has 0 spiro atoms. The number of aromatic hydroxyl groups is 1. The molecular weight excluding hydrogens is 454 g/mol. The van der Waals surface area contributed by atoms with Crippen molar-refractivity contribution in [2.24, 2.45) is 11.8 Å². The number of fused-ring (bicyclic) bond motifs is 3. The first kappa shape index (κ1) is 23.4. The summed E-state index contributed by atoms with van der Waals surface area (Å²) in [5, 5.41) is 55.4. The second kappa shape index (κ2) is 7.14. The molecule has 5 N–H and O–H groups in total. The predicted molar refractivity (Wildman–Crippen MR) is 117 cm³/mol. The molecule has 5 atom stereocenters. The van der Waals surface area contributed by atoms with E-state index in [2.05, 4.69) is 0 Å². The van der Waals surface area contributed by atoms with Crippen molar-refractivity contribution in [1.82, 2.24) is 4.90 Å².